The van der Waals surface area contributed by atoms with Crippen molar-refractivity contribution in [2.45, 2.75) is 43.4 Å². The van der Waals surface area contributed by atoms with Crippen LogP contribution >= 0.6 is 34.4 Å². The summed E-state index contributed by atoms with van der Waals surface area (Å²) in [6.07, 6.45) is 2.61. The Morgan fingerprint density at radius 2 is 1.81 bits per heavy atom. The number of hydrogen-bond donors (Lipinski definition) is 3. The lowest BCUT2D eigenvalue weighted by molar-refractivity contribution is -0.129. The van der Waals surface area contributed by atoms with E-state index in [1.165, 1.54) is 48.5 Å². The molecule has 13 heteroatoms. The smallest absolute Gasteiger partial charge is 0.341 e. The Morgan fingerprint density at radius 3 is 2.50 bits per heavy atom. The highest BCUT2D eigenvalue weighted by Gasteiger charge is 2.31. The molecule has 0 saturated heterocycles. The molecule has 0 fully saturated rings. The normalized spacial score (nSPS) is 13.2. The average molecular weight is 703 g/mol. The molecular formula is C35H34N4O6S3. The zero-order valence-corrected chi connectivity index (χ0v) is 29.0. The van der Waals surface area contributed by atoms with Crippen molar-refractivity contribution in [1.29, 1.82) is 0 Å². The number of carbonyl (C=O) groups is 5. The Morgan fingerprint density at radius 1 is 1.02 bits per heavy atom. The number of thiophene rings is 2. The molecule has 3 N–H and O–H groups in total. The topological polar surface area (TPSA) is 134 Å². The highest BCUT2D eigenvalue weighted by molar-refractivity contribution is 8.00. The maximum atomic E-state index is 13.6. The van der Waals surface area contributed by atoms with Gasteiger partial charge in [-0.3, -0.25) is 19.2 Å². The Labute approximate surface area is 290 Å². The van der Waals surface area contributed by atoms with Gasteiger partial charge in [-0.25, -0.2) is 4.79 Å². The summed E-state index contributed by atoms with van der Waals surface area (Å²) in [5.74, 6) is -1.77. The van der Waals surface area contributed by atoms with E-state index in [-0.39, 0.29) is 17.5 Å². The van der Waals surface area contributed by atoms with Crippen LogP contribution in [0.15, 0.2) is 82.7 Å². The SMILES string of the molecule is CCC(Sc1cccc(NC(=O)/C(=C/c2cccs2)NC(=O)c2ccccc2)c1)C(=O)Nc1sc2c(c1C(=O)OC)CCN(C(C)=O)C2. The number of ether oxygens (including phenoxy) is 1. The number of hydrogen-bond acceptors (Lipinski definition) is 9. The third-order valence-corrected chi connectivity index (χ3v) is 10.8. The highest BCUT2D eigenvalue weighted by Crippen LogP contribution is 2.38. The molecule has 1 unspecified atom stereocenters. The molecule has 1 aliphatic rings. The van der Waals surface area contributed by atoms with Crippen molar-refractivity contribution < 1.29 is 28.7 Å². The third-order valence-electron chi connectivity index (χ3n) is 7.52. The van der Waals surface area contributed by atoms with Crippen molar-refractivity contribution in [1.82, 2.24) is 10.2 Å². The van der Waals surface area contributed by atoms with Gasteiger partial charge in [0.2, 0.25) is 11.8 Å². The Hall–Kier alpha value is -4.72. The van der Waals surface area contributed by atoms with E-state index >= 15 is 0 Å². The van der Waals surface area contributed by atoms with Gasteiger partial charge in [0.05, 0.1) is 24.5 Å². The second-order valence-corrected chi connectivity index (χ2v) is 14.1. The second kappa shape index (κ2) is 15.9. The largest absolute Gasteiger partial charge is 0.465 e. The van der Waals surface area contributed by atoms with E-state index in [1.807, 2.05) is 36.6 Å². The Kier molecular flexibility index (Phi) is 11.5. The van der Waals surface area contributed by atoms with Crippen LogP contribution in [-0.4, -0.2) is 53.4 Å². The molecule has 2 aromatic carbocycles. The first-order valence-corrected chi connectivity index (χ1v) is 17.7. The number of fused-ring (bicyclic) bond motifs is 1. The molecule has 10 nitrogen and oxygen atoms in total. The van der Waals surface area contributed by atoms with E-state index in [4.69, 9.17) is 4.74 Å². The van der Waals surface area contributed by atoms with E-state index in [1.54, 1.807) is 53.4 Å². The highest BCUT2D eigenvalue weighted by atomic mass is 32.2. The first-order valence-electron chi connectivity index (χ1n) is 15.2. The van der Waals surface area contributed by atoms with Crippen LogP contribution in [0.4, 0.5) is 10.7 Å². The number of nitrogens with zero attached hydrogens (tertiary/aromatic N) is 1. The van der Waals surface area contributed by atoms with Gasteiger partial charge in [-0.2, -0.15) is 0 Å². The molecule has 0 saturated carbocycles. The van der Waals surface area contributed by atoms with Crippen LogP contribution in [0.5, 0.6) is 0 Å². The zero-order chi connectivity index (χ0) is 34.2. The minimum atomic E-state index is -0.532. The van der Waals surface area contributed by atoms with Gasteiger partial charge in [-0.05, 0) is 66.3 Å². The predicted octanol–water partition coefficient (Wildman–Crippen LogP) is 6.42. The summed E-state index contributed by atoms with van der Waals surface area (Å²) in [5, 5.41) is 10.3. The molecule has 1 atom stereocenters. The van der Waals surface area contributed by atoms with E-state index in [9.17, 15) is 24.0 Å². The number of anilines is 2. The van der Waals surface area contributed by atoms with Crippen LogP contribution in [0.1, 0.15) is 56.3 Å². The minimum Gasteiger partial charge on any atom is -0.465 e. The summed E-state index contributed by atoms with van der Waals surface area (Å²) >= 11 is 4.05. The van der Waals surface area contributed by atoms with Gasteiger partial charge in [-0.1, -0.05) is 37.3 Å². The zero-order valence-electron chi connectivity index (χ0n) is 26.5. The Balaban J connectivity index is 1.30. The first-order chi connectivity index (χ1) is 23.2. The molecule has 3 heterocycles. The van der Waals surface area contributed by atoms with E-state index in [0.717, 1.165) is 20.2 Å². The fourth-order valence-corrected chi connectivity index (χ4v) is 7.99. The lowest BCUT2D eigenvalue weighted by atomic mass is 10.0. The summed E-state index contributed by atoms with van der Waals surface area (Å²) in [6.45, 7) is 4.27. The van der Waals surface area contributed by atoms with Crippen molar-refractivity contribution in [2.75, 3.05) is 24.3 Å². The molecule has 4 amide bonds. The van der Waals surface area contributed by atoms with Crippen molar-refractivity contribution in [3.63, 3.8) is 0 Å². The summed E-state index contributed by atoms with van der Waals surface area (Å²) in [6, 6.07) is 19.5. The van der Waals surface area contributed by atoms with E-state index in [2.05, 4.69) is 16.0 Å². The van der Waals surface area contributed by atoms with Gasteiger partial charge in [0.25, 0.3) is 11.8 Å². The van der Waals surface area contributed by atoms with Gasteiger partial charge in [-0.15, -0.1) is 34.4 Å². The van der Waals surface area contributed by atoms with Crippen molar-refractivity contribution in [3.05, 3.63) is 104 Å². The van der Waals surface area contributed by atoms with Gasteiger partial charge in [0, 0.05) is 39.4 Å². The number of benzene rings is 2. The van der Waals surface area contributed by atoms with Gasteiger partial charge in [0.1, 0.15) is 10.7 Å². The van der Waals surface area contributed by atoms with Crippen LogP contribution in [0.2, 0.25) is 0 Å². The molecule has 4 aromatic rings. The average Bonchev–Trinajstić information content (AvgIpc) is 3.74. The molecule has 0 aliphatic carbocycles. The number of methoxy groups -OCH3 is 1. The van der Waals surface area contributed by atoms with Crippen molar-refractivity contribution in [3.8, 4) is 0 Å². The first kappa shape index (κ1) is 34.6. The molecule has 0 bridgehead atoms. The van der Waals surface area contributed by atoms with Crippen molar-refractivity contribution >= 4 is 80.8 Å². The monoisotopic (exact) mass is 702 g/mol. The Bertz CT molecular complexity index is 1850. The number of nitrogens with one attached hydrogen (secondary N) is 3. The van der Waals surface area contributed by atoms with Gasteiger partial charge in [0.15, 0.2) is 0 Å². The summed E-state index contributed by atoms with van der Waals surface area (Å²) < 4.78 is 5.04. The number of rotatable bonds is 11. The quantitative estimate of drug-likeness (QED) is 0.0934. The number of esters is 1. The van der Waals surface area contributed by atoms with Crippen LogP contribution in [0.25, 0.3) is 6.08 Å². The third kappa shape index (κ3) is 8.40. The molecule has 1 aliphatic heterocycles. The lowest BCUT2D eigenvalue weighted by Gasteiger charge is -2.25. The maximum absolute atomic E-state index is 13.6. The minimum absolute atomic E-state index is 0.0492. The van der Waals surface area contributed by atoms with Crippen LogP contribution in [0, 0.1) is 0 Å². The molecule has 48 heavy (non-hydrogen) atoms. The van der Waals surface area contributed by atoms with Crippen molar-refractivity contribution in [2.24, 2.45) is 0 Å². The number of amides is 4. The molecular weight excluding hydrogens is 669 g/mol. The predicted molar refractivity (Wildman–Crippen MR) is 190 cm³/mol. The summed E-state index contributed by atoms with van der Waals surface area (Å²) in [4.78, 5) is 68.8. The maximum Gasteiger partial charge on any atom is 0.341 e. The lowest BCUT2D eigenvalue weighted by Crippen LogP contribution is -2.34. The van der Waals surface area contributed by atoms with E-state index in [0.29, 0.717) is 47.7 Å². The van der Waals surface area contributed by atoms with Gasteiger partial charge < -0.3 is 25.6 Å². The molecule has 2 aromatic heterocycles. The molecule has 5 rings (SSSR count). The molecule has 248 valence electrons. The summed E-state index contributed by atoms with van der Waals surface area (Å²) in [5.41, 5.74) is 2.13. The number of thioether (sulfide) groups is 1. The van der Waals surface area contributed by atoms with Crippen LogP contribution in [0.3, 0.4) is 0 Å². The standard InChI is InChI=1S/C35H34N4O6S3/c1-4-28(33(43)38-34-30(35(44)45-3)26-15-16-39(21(2)40)20-29(26)48-34)47-25-13-8-12-23(18-25)36-32(42)27(19-24-14-9-17-46-24)37-31(41)22-10-6-5-7-11-22/h5-14,17-19,28H,4,15-16,20H2,1-3H3,(H,36,42)(H,37,41)(H,38,43)/b27-19-. The van der Waals surface area contributed by atoms with Crippen LogP contribution in [-0.2, 0) is 32.1 Å². The fraction of sp³-hybridized carbons (Fsp3) is 0.229. The fourth-order valence-electron chi connectivity index (χ4n) is 5.06. The molecule has 0 spiro atoms. The second-order valence-electron chi connectivity index (χ2n) is 10.8. The van der Waals surface area contributed by atoms with Crippen LogP contribution < -0.4 is 16.0 Å². The van der Waals surface area contributed by atoms with Gasteiger partial charge >= 0.3 is 5.97 Å². The summed E-state index contributed by atoms with van der Waals surface area (Å²) in [7, 11) is 1.30. The molecule has 0 radical (unpaired) electrons. The van der Waals surface area contributed by atoms with E-state index < -0.39 is 23.0 Å². The number of carbonyl (C=O) groups excluding carboxylic acids is 5.